The second-order valence-corrected chi connectivity index (χ2v) is 6.80. The highest BCUT2D eigenvalue weighted by Gasteiger charge is 2.66. The number of methoxy groups -OCH3 is 1. The van der Waals surface area contributed by atoms with Gasteiger partial charge in [0.25, 0.3) is 0 Å². The van der Waals surface area contributed by atoms with Crippen LogP contribution in [0.25, 0.3) is 0 Å². The van der Waals surface area contributed by atoms with Crippen molar-refractivity contribution in [2.45, 2.75) is 55.8 Å². The van der Waals surface area contributed by atoms with Gasteiger partial charge >= 0.3 is 0 Å². The zero-order chi connectivity index (χ0) is 14.8. The highest BCUT2D eigenvalue weighted by Crippen LogP contribution is 2.61. The minimum Gasteiger partial charge on any atom is -0.493 e. The van der Waals surface area contributed by atoms with Gasteiger partial charge in [-0.25, -0.2) is 0 Å². The Kier molecular flexibility index (Phi) is 2.64. The zero-order valence-electron chi connectivity index (χ0n) is 12.9. The molecule has 4 heteroatoms. The zero-order valence-corrected chi connectivity index (χ0v) is 12.9. The first-order valence-corrected chi connectivity index (χ1v) is 7.83. The summed E-state index contributed by atoms with van der Waals surface area (Å²) < 4.78 is 11.8. The molecule has 1 aromatic rings. The first-order valence-electron chi connectivity index (χ1n) is 7.83. The Morgan fingerprint density at radius 2 is 2.24 bits per heavy atom. The molecule has 0 spiro atoms. The van der Waals surface area contributed by atoms with Crippen molar-refractivity contribution in [2.75, 3.05) is 14.2 Å². The van der Waals surface area contributed by atoms with Crippen molar-refractivity contribution in [3.63, 3.8) is 0 Å². The highest BCUT2D eigenvalue weighted by molar-refractivity contribution is 5.61. The minimum atomic E-state index is -0.755. The van der Waals surface area contributed by atoms with Gasteiger partial charge in [-0.3, -0.25) is 0 Å². The van der Waals surface area contributed by atoms with E-state index < -0.39 is 5.60 Å². The molecule has 4 nitrogen and oxygen atoms in total. The topological polar surface area (TPSA) is 50.7 Å². The quantitative estimate of drug-likeness (QED) is 0.871. The lowest BCUT2D eigenvalue weighted by atomic mass is 9.53. The summed E-state index contributed by atoms with van der Waals surface area (Å²) in [5.41, 5.74) is 1.35. The molecule has 0 saturated heterocycles. The number of ether oxygens (including phenoxy) is 2. The fourth-order valence-electron chi connectivity index (χ4n) is 4.97. The molecule has 4 rings (SSSR count). The van der Waals surface area contributed by atoms with Crippen LogP contribution in [-0.4, -0.2) is 37.0 Å². The van der Waals surface area contributed by atoms with Crippen molar-refractivity contribution in [2.24, 2.45) is 0 Å². The molecule has 21 heavy (non-hydrogen) atoms. The second kappa shape index (κ2) is 4.14. The third-order valence-corrected chi connectivity index (χ3v) is 6.12. The number of nitrogens with one attached hydrogen (secondary N) is 1. The van der Waals surface area contributed by atoms with E-state index in [-0.39, 0.29) is 17.6 Å². The lowest BCUT2D eigenvalue weighted by Crippen LogP contribution is -2.69. The number of likely N-dealkylation sites (N-methyl/N-ethyl adjacent to an activating group) is 1. The Morgan fingerprint density at radius 3 is 2.95 bits per heavy atom. The molecule has 1 aromatic carbocycles. The largest absolute Gasteiger partial charge is 0.493 e. The molecular weight excluding hydrogens is 266 g/mol. The van der Waals surface area contributed by atoms with Crippen molar-refractivity contribution in [3.05, 3.63) is 23.3 Å². The van der Waals surface area contributed by atoms with Gasteiger partial charge in [0.2, 0.25) is 0 Å². The molecule has 0 amide bonds. The Bertz CT molecular complexity index is 602. The van der Waals surface area contributed by atoms with Crippen LogP contribution in [0.3, 0.4) is 0 Å². The van der Waals surface area contributed by atoms with Crippen LogP contribution < -0.4 is 14.8 Å². The van der Waals surface area contributed by atoms with Gasteiger partial charge in [-0.1, -0.05) is 6.07 Å². The first kappa shape index (κ1) is 13.4. The molecule has 2 N–H and O–H groups in total. The molecule has 1 unspecified atom stereocenters. The van der Waals surface area contributed by atoms with Gasteiger partial charge in [0.05, 0.1) is 18.1 Å². The van der Waals surface area contributed by atoms with Crippen molar-refractivity contribution in [1.82, 2.24) is 5.32 Å². The molecule has 4 atom stereocenters. The maximum Gasteiger partial charge on any atom is 0.165 e. The fourth-order valence-corrected chi connectivity index (χ4v) is 4.97. The van der Waals surface area contributed by atoms with Gasteiger partial charge in [-0.2, -0.15) is 0 Å². The van der Waals surface area contributed by atoms with Crippen LogP contribution >= 0.6 is 0 Å². The van der Waals surface area contributed by atoms with Crippen LogP contribution in [0.1, 0.15) is 37.3 Å². The standard InChI is InChI=1S/C17H23NO3/c1-16-13-5-4-8-17(16,19)12(18-2)9-10-6-7-11(20-3)15(21-13)14(10)16/h6-7,12-13,18-19H,4-5,8-9H2,1-3H3/t12-,13?,16-,17-/m0/s1. The predicted octanol–water partition coefficient (Wildman–Crippen LogP) is 1.77. The van der Waals surface area contributed by atoms with Crippen molar-refractivity contribution >= 4 is 0 Å². The van der Waals surface area contributed by atoms with Crippen LogP contribution in [0, 0.1) is 0 Å². The van der Waals surface area contributed by atoms with Crippen LogP contribution in [0.2, 0.25) is 0 Å². The summed E-state index contributed by atoms with van der Waals surface area (Å²) in [7, 11) is 3.62. The molecule has 3 aliphatic rings. The van der Waals surface area contributed by atoms with E-state index in [4.69, 9.17) is 9.47 Å². The molecule has 2 aliphatic carbocycles. The van der Waals surface area contributed by atoms with Gasteiger partial charge in [-0.15, -0.1) is 0 Å². The van der Waals surface area contributed by atoms with Crippen molar-refractivity contribution in [3.8, 4) is 11.5 Å². The summed E-state index contributed by atoms with van der Waals surface area (Å²) in [4.78, 5) is 0. The van der Waals surface area contributed by atoms with E-state index in [1.807, 2.05) is 13.1 Å². The molecule has 1 heterocycles. The van der Waals surface area contributed by atoms with E-state index in [0.717, 1.165) is 37.2 Å². The summed E-state index contributed by atoms with van der Waals surface area (Å²) >= 11 is 0. The number of rotatable bonds is 2. The fraction of sp³-hybridized carbons (Fsp3) is 0.647. The first-order chi connectivity index (χ1) is 10.1. The van der Waals surface area contributed by atoms with Gasteiger partial charge < -0.3 is 19.9 Å². The molecule has 0 bridgehead atoms. The minimum absolute atomic E-state index is 0.0393. The third kappa shape index (κ3) is 1.38. The monoisotopic (exact) mass is 289 g/mol. The second-order valence-electron chi connectivity index (χ2n) is 6.80. The average molecular weight is 289 g/mol. The molecular formula is C17H23NO3. The van der Waals surface area contributed by atoms with Gasteiger partial charge in [0.1, 0.15) is 6.10 Å². The van der Waals surface area contributed by atoms with Crippen LogP contribution in [0.4, 0.5) is 0 Å². The Hall–Kier alpha value is -1.26. The number of aliphatic hydroxyl groups is 1. The van der Waals surface area contributed by atoms with E-state index in [0.29, 0.717) is 0 Å². The lowest BCUT2D eigenvalue weighted by Gasteiger charge is -2.55. The normalized spacial score (nSPS) is 39.6. The summed E-state index contributed by atoms with van der Waals surface area (Å²) in [5, 5.41) is 14.9. The smallest absolute Gasteiger partial charge is 0.165 e. The number of benzene rings is 1. The Morgan fingerprint density at radius 1 is 1.43 bits per heavy atom. The molecule has 1 aliphatic heterocycles. The van der Waals surface area contributed by atoms with Crippen LogP contribution in [-0.2, 0) is 11.8 Å². The molecule has 0 aromatic heterocycles. The average Bonchev–Trinajstić information content (AvgIpc) is 2.79. The van der Waals surface area contributed by atoms with E-state index in [9.17, 15) is 5.11 Å². The van der Waals surface area contributed by atoms with Crippen LogP contribution in [0.5, 0.6) is 11.5 Å². The van der Waals surface area contributed by atoms with Crippen molar-refractivity contribution < 1.29 is 14.6 Å². The molecule has 1 saturated carbocycles. The summed E-state index contributed by atoms with van der Waals surface area (Å²) in [6.45, 7) is 2.18. The maximum absolute atomic E-state index is 11.5. The van der Waals surface area contributed by atoms with Crippen LogP contribution in [0.15, 0.2) is 12.1 Å². The lowest BCUT2D eigenvalue weighted by molar-refractivity contribution is -0.123. The SMILES string of the molecule is CN[C@H]1Cc2ccc(OC)c3c2[C@]2(C)C(CCC[C@]12O)O3. The summed E-state index contributed by atoms with van der Waals surface area (Å²) in [5.74, 6) is 1.65. The van der Waals surface area contributed by atoms with E-state index >= 15 is 0 Å². The number of hydrogen-bond donors (Lipinski definition) is 2. The summed E-state index contributed by atoms with van der Waals surface area (Å²) in [6.07, 6.45) is 3.70. The Balaban J connectivity index is 2.00. The molecule has 1 fully saturated rings. The Labute approximate surface area is 125 Å². The van der Waals surface area contributed by atoms with Gasteiger partial charge in [0.15, 0.2) is 11.5 Å². The molecule has 0 radical (unpaired) electrons. The van der Waals surface area contributed by atoms with E-state index in [1.54, 1.807) is 7.11 Å². The summed E-state index contributed by atoms with van der Waals surface area (Å²) in [6, 6.07) is 4.19. The molecule has 114 valence electrons. The highest BCUT2D eigenvalue weighted by atomic mass is 16.5. The van der Waals surface area contributed by atoms with E-state index in [2.05, 4.69) is 18.3 Å². The number of hydrogen-bond acceptors (Lipinski definition) is 4. The van der Waals surface area contributed by atoms with Gasteiger partial charge in [0, 0.05) is 11.6 Å². The predicted molar refractivity (Wildman–Crippen MR) is 80.1 cm³/mol. The van der Waals surface area contributed by atoms with Crippen molar-refractivity contribution in [1.29, 1.82) is 0 Å². The van der Waals surface area contributed by atoms with E-state index in [1.165, 1.54) is 11.1 Å². The van der Waals surface area contributed by atoms with Gasteiger partial charge in [-0.05, 0) is 51.3 Å². The maximum atomic E-state index is 11.5. The third-order valence-electron chi connectivity index (χ3n) is 6.12.